The molecule has 0 saturated carbocycles. The molecule has 1 rings (SSSR count). The van der Waals surface area contributed by atoms with E-state index in [1.165, 1.54) is 25.0 Å². The molecule has 0 aliphatic rings. The van der Waals surface area contributed by atoms with Crippen molar-refractivity contribution in [1.82, 2.24) is 14.9 Å². The van der Waals surface area contributed by atoms with Gasteiger partial charge in [0.2, 0.25) is 5.16 Å². The molecular weight excluding hydrogens is 220 g/mol. The van der Waals surface area contributed by atoms with Crippen LogP contribution in [0.2, 0.25) is 0 Å². The first-order valence-electron chi connectivity index (χ1n) is 4.06. The molecule has 1 aromatic heterocycles. The molecule has 1 atom stereocenters. The standard InChI is InChI=1S/C7H12N4O3S/c1-7(3-14-2,5(12)13)15-6-10-9-4-11(6)8/h4H,3,8H2,1-2H3,(H,12,13). The molecule has 1 heterocycles. The van der Waals surface area contributed by atoms with Crippen LogP contribution in [0.5, 0.6) is 0 Å². The lowest BCUT2D eigenvalue weighted by molar-refractivity contribution is -0.140. The molecule has 0 aliphatic carbocycles. The number of ether oxygens (including phenoxy) is 1. The predicted octanol–water partition coefficient (Wildman–Crippen LogP) is -0.426. The van der Waals surface area contributed by atoms with Gasteiger partial charge in [0, 0.05) is 7.11 Å². The zero-order valence-corrected chi connectivity index (χ0v) is 9.19. The quantitative estimate of drug-likeness (QED) is 0.524. The summed E-state index contributed by atoms with van der Waals surface area (Å²) in [6.45, 7) is 1.60. The number of thioether (sulfide) groups is 1. The minimum atomic E-state index is -1.13. The minimum absolute atomic E-state index is 0.0554. The third kappa shape index (κ3) is 2.60. The molecule has 0 aliphatic heterocycles. The van der Waals surface area contributed by atoms with E-state index >= 15 is 0 Å². The van der Waals surface area contributed by atoms with E-state index in [9.17, 15) is 4.79 Å². The molecule has 0 fully saturated rings. The Balaban J connectivity index is 2.84. The van der Waals surface area contributed by atoms with E-state index in [4.69, 9.17) is 15.7 Å². The van der Waals surface area contributed by atoms with E-state index in [1.807, 2.05) is 0 Å². The van der Waals surface area contributed by atoms with Crippen molar-refractivity contribution >= 4 is 17.7 Å². The van der Waals surface area contributed by atoms with Crippen LogP contribution >= 0.6 is 11.8 Å². The van der Waals surface area contributed by atoms with Gasteiger partial charge < -0.3 is 15.7 Å². The van der Waals surface area contributed by atoms with Gasteiger partial charge in [0.15, 0.2) is 0 Å². The van der Waals surface area contributed by atoms with E-state index < -0.39 is 10.7 Å². The van der Waals surface area contributed by atoms with Crippen molar-refractivity contribution in [1.29, 1.82) is 0 Å². The zero-order valence-electron chi connectivity index (χ0n) is 8.38. The van der Waals surface area contributed by atoms with Gasteiger partial charge in [-0.3, -0.25) is 4.79 Å². The lowest BCUT2D eigenvalue weighted by atomic mass is 10.2. The SMILES string of the molecule is COCC(C)(Sc1nncn1N)C(=O)O. The lowest BCUT2D eigenvalue weighted by Gasteiger charge is -2.21. The van der Waals surface area contributed by atoms with E-state index in [0.29, 0.717) is 5.16 Å². The molecule has 0 aromatic carbocycles. The van der Waals surface area contributed by atoms with Crippen molar-refractivity contribution in [3.05, 3.63) is 6.33 Å². The number of carboxylic acid groups (broad SMARTS) is 1. The van der Waals surface area contributed by atoms with Crippen LogP contribution in [-0.2, 0) is 9.53 Å². The van der Waals surface area contributed by atoms with Crippen molar-refractivity contribution in [2.45, 2.75) is 16.8 Å². The summed E-state index contributed by atoms with van der Waals surface area (Å²) in [6.07, 6.45) is 1.30. The van der Waals surface area contributed by atoms with E-state index in [-0.39, 0.29) is 6.61 Å². The Labute approximate surface area is 90.6 Å². The average molecular weight is 232 g/mol. The van der Waals surface area contributed by atoms with Gasteiger partial charge in [-0.2, -0.15) is 0 Å². The molecule has 1 aromatic rings. The van der Waals surface area contributed by atoms with Gasteiger partial charge in [0.1, 0.15) is 11.1 Å². The third-order valence-corrected chi connectivity index (χ3v) is 2.95. The Morgan fingerprint density at radius 3 is 2.93 bits per heavy atom. The molecule has 84 valence electrons. The largest absolute Gasteiger partial charge is 0.480 e. The van der Waals surface area contributed by atoms with Crippen LogP contribution in [0.1, 0.15) is 6.92 Å². The average Bonchev–Trinajstić information content (AvgIpc) is 2.52. The van der Waals surface area contributed by atoms with Gasteiger partial charge in [0.25, 0.3) is 0 Å². The fourth-order valence-corrected chi connectivity index (χ4v) is 1.82. The van der Waals surface area contributed by atoms with Gasteiger partial charge in [-0.15, -0.1) is 10.2 Å². The molecule has 15 heavy (non-hydrogen) atoms. The molecule has 0 radical (unpaired) electrons. The topological polar surface area (TPSA) is 103 Å². The number of aliphatic carboxylic acids is 1. The highest BCUT2D eigenvalue weighted by molar-refractivity contribution is 8.01. The van der Waals surface area contributed by atoms with Gasteiger partial charge in [-0.25, -0.2) is 4.68 Å². The van der Waals surface area contributed by atoms with E-state index in [0.717, 1.165) is 11.8 Å². The van der Waals surface area contributed by atoms with E-state index in [2.05, 4.69) is 10.2 Å². The van der Waals surface area contributed by atoms with Crippen LogP contribution in [-0.4, -0.2) is 44.4 Å². The lowest BCUT2D eigenvalue weighted by Crippen LogP contribution is -2.36. The molecule has 1 unspecified atom stereocenters. The third-order valence-electron chi connectivity index (χ3n) is 1.73. The highest BCUT2D eigenvalue weighted by atomic mass is 32.2. The van der Waals surface area contributed by atoms with Crippen LogP contribution < -0.4 is 5.84 Å². The van der Waals surface area contributed by atoms with Crippen molar-refractivity contribution < 1.29 is 14.6 Å². The second-order valence-corrected chi connectivity index (χ2v) is 4.56. The molecule has 0 spiro atoms. The van der Waals surface area contributed by atoms with E-state index in [1.54, 1.807) is 0 Å². The monoisotopic (exact) mass is 232 g/mol. The summed E-state index contributed by atoms with van der Waals surface area (Å²) in [7, 11) is 1.44. The second kappa shape index (κ2) is 4.49. The Kier molecular flexibility index (Phi) is 3.53. The number of hydrogen-bond acceptors (Lipinski definition) is 6. The summed E-state index contributed by atoms with van der Waals surface area (Å²) in [5.41, 5.74) is 0. The number of hydrogen-bond donors (Lipinski definition) is 2. The van der Waals surface area contributed by atoms with Crippen molar-refractivity contribution in [2.75, 3.05) is 19.6 Å². The predicted molar refractivity (Wildman–Crippen MR) is 53.9 cm³/mol. The number of nitrogen functional groups attached to an aromatic ring is 1. The molecule has 0 saturated heterocycles. The first-order valence-corrected chi connectivity index (χ1v) is 4.87. The highest BCUT2D eigenvalue weighted by Crippen LogP contribution is 2.31. The molecule has 0 bridgehead atoms. The summed E-state index contributed by atoms with van der Waals surface area (Å²) >= 11 is 0.997. The fraction of sp³-hybridized carbons (Fsp3) is 0.571. The van der Waals surface area contributed by atoms with Gasteiger partial charge in [0.05, 0.1) is 6.61 Å². The summed E-state index contributed by atoms with van der Waals surface area (Å²) < 4.78 is 4.90. The molecule has 3 N–H and O–H groups in total. The van der Waals surface area contributed by atoms with Crippen LogP contribution in [0.15, 0.2) is 11.5 Å². The summed E-state index contributed by atoms with van der Waals surface area (Å²) in [4.78, 5) is 11.0. The zero-order chi connectivity index (χ0) is 11.5. The van der Waals surface area contributed by atoms with Crippen molar-refractivity contribution in [2.24, 2.45) is 0 Å². The smallest absolute Gasteiger partial charge is 0.322 e. The summed E-state index contributed by atoms with van der Waals surface area (Å²) in [6, 6.07) is 0. The number of carboxylic acids is 1. The second-order valence-electron chi connectivity index (χ2n) is 3.09. The van der Waals surface area contributed by atoms with Gasteiger partial charge in [-0.1, -0.05) is 11.8 Å². The number of nitrogens with two attached hydrogens (primary N) is 1. The van der Waals surface area contributed by atoms with Crippen LogP contribution in [0.25, 0.3) is 0 Å². The number of methoxy groups -OCH3 is 1. The number of aromatic nitrogens is 3. The van der Waals surface area contributed by atoms with Crippen LogP contribution in [0.3, 0.4) is 0 Å². The number of nitrogens with zero attached hydrogens (tertiary/aromatic N) is 3. The molecular formula is C7H12N4O3S. The van der Waals surface area contributed by atoms with Crippen LogP contribution in [0.4, 0.5) is 0 Å². The van der Waals surface area contributed by atoms with Crippen molar-refractivity contribution in [3.8, 4) is 0 Å². The normalized spacial score (nSPS) is 14.8. The van der Waals surface area contributed by atoms with Crippen molar-refractivity contribution in [3.63, 3.8) is 0 Å². The first-order chi connectivity index (χ1) is 6.99. The molecule has 0 amide bonds. The maximum absolute atomic E-state index is 11.0. The van der Waals surface area contributed by atoms with Gasteiger partial charge in [-0.05, 0) is 6.92 Å². The maximum atomic E-state index is 11.0. The molecule has 8 heteroatoms. The van der Waals surface area contributed by atoms with Gasteiger partial charge >= 0.3 is 5.97 Å². The first kappa shape index (κ1) is 11.8. The summed E-state index contributed by atoms with van der Waals surface area (Å²) in [5, 5.41) is 16.6. The summed E-state index contributed by atoms with van der Waals surface area (Å²) in [5.74, 6) is 4.49. The number of carbonyl (C=O) groups is 1. The number of rotatable bonds is 5. The maximum Gasteiger partial charge on any atom is 0.322 e. The molecule has 7 nitrogen and oxygen atoms in total. The Hall–Kier alpha value is -1.28. The van der Waals surface area contributed by atoms with Crippen LogP contribution in [0, 0.1) is 0 Å². The Morgan fingerprint density at radius 2 is 2.53 bits per heavy atom. The Bertz CT molecular complexity index is 356. The fourth-order valence-electron chi connectivity index (χ4n) is 0.917. The Morgan fingerprint density at radius 1 is 1.87 bits per heavy atom. The minimum Gasteiger partial charge on any atom is -0.480 e. The highest BCUT2D eigenvalue weighted by Gasteiger charge is 2.36.